The highest BCUT2D eigenvalue weighted by Crippen LogP contribution is 2.19. The molecule has 1 N–H and O–H groups in total. The molecule has 0 radical (unpaired) electrons. The smallest absolute Gasteiger partial charge is 0.155 e. The number of thiocarbonyl (C=S) groups is 1. The van der Waals surface area contributed by atoms with Crippen molar-refractivity contribution in [3.05, 3.63) is 35.9 Å². The van der Waals surface area contributed by atoms with E-state index in [-0.39, 0.29) is 0 Å². The second-order valence-electron chi connectivity index (χ2n) is 5.54. The van der Waals surface area contributed by atoms with Gasteiger partial charge in [0.1, 0.15) is 10.2 Å². The van der Waals surface area contributed by atoms with Crippen LogP contribution in [0.4, 0.5) is 0 Å². The molecule has 3 rings (SSSR count). The quantitative estimate of drug-likeness (QED) is 0.856. The zero-order valence-corrected chi connectivity index (χ0v) is 12.8. The van der Waals surface area contributed by atoms with Gasteiger partial charge in [0.05, 0.1) is 6.04 Å². The molecule has 1 atom stereocenters. The van der Waals surface area contributed by atoms with Gasteiger partial charge in [-0.15, -0.1) is 0 Å². The summed E-state index contributed by atoms with van der Waals surface area (Å²) in [5.74, 6) is 1.16. The summed E-state index contributed by atoms with van der Waals surface area (Å²) in [6, 6.07) is 11.5. The molecular weight excluding hydrogens is 272 g/mol. The lowest BCUT2D eigenvalue weighted by molar-refractivity contribution is -0.922. The summed E-state index contributed by atoms with van der Waals surface area (Å²) < 4.78 is 1.07. The Labute approximate surface area is 125 Å². The lowest BCUT2D eigenvalue weighted by Crippen LogP contribution is -3.17. The Morgan fingerprint density at radius 3 is 2.68 bits per heavy atom. The van der Waals surface area contributed by atoms with E-state index in [4.69, 9.17) is 12.2 Å². The number of nitrogens with one attached hydrogen (secondary N) is 1. The lowest BCUT2D eigenvalue weighted by Gasteiger charge is -2.36. The lowest BCUT2D eigenvalue weighted by atomic mass is 10.2. The number of hydrogen-bond donors (Lipinski definition) is 1. The van der Waals surface area contributed by atoms with Crippen LogP contribution in [0.25, 0.3) is 0 Å². The van der Waals surface area contributed by atoms with Crippen LogP contribution in [0, 0.1) is 0 Å². The van der Waals surface area contributed by atoms with Gasteiger partial charge in [0.25, 0.3) is 0 Å². The summed E-state index contributed by atoms with van der Waals surface area (Å²) in [4.78, 5) is 4.11. The molecule has 2 aliphatic rings. The van der Waals surface area contributed by atoms with E-state index in [1.54, 1.807) is 4.90 Å². The number of hydrogen-bond acceptors (Lipinski definition) is 2. The topological polar surface area (TPSA) is 7.68 Å². The highest BCUT2D eigenvalue weighted by atomic mass is 32.2. The summed E-state index contributed by atoms with van der Waals surface area (Å²) in [7, 11) is 0. The van der Waals surface area contributed by atoms with Gasteiger partial charge >= 0.3 is 0 Å². The summed E-state index contributed by atoms with van der Waals surface area (Å²) in [6.07, 6.45) is 5.65. The molecule has 1 unspecified atom stereocenters. The van der Waals surface area contributed by atoms with Crippen LogP contribution in [0.5, 0.6) is 0 Å². The zero-order valence-electron chi connectivity index (χ0n) is 11.2. The van der Waals surface area contributed by atoms with Crippen molar-refractivity contribution in [2.75, 3.05) is 12.5 Å². The van der Waals surface area contributed by atoms with Gasteiger partial charge in [0.2, 0.25) is 0 Å². The maximum absolute atomic E-state index is 5.53. The molecular formula is C15H21N2S2+. The summed E-state index contributed by atoms with van der Waals surface area (Å²) in [5.41, 5.74) is 1.36. The van der Waals surface area contributed by atoms with Crippen molar-refractivity contribution in [2.24, 2.45) is 0 Å². The van der Waals surface area contributed by atoms with Crippen LogP contribution in [-0.2, 0) is 6.54 Å². The van der Waals surface area contributed by atoms with E-state index in [1.165, 1.54) is 31.2 Å². The van der Waals surface area contributed by atoms with Gasteiger partial charge in [0.15, 0.2) is 6.67 Å². The van der Waals surface area contributed by atoms with Gasteiger partial charge in [-0.1, -0.05) is 42.5 Å². The molecule has 1 aliphatic carbocycles. The van der Waals surface area contributed by atoms with Gasteiger partial charge in [-0.2, -0.15) is 0 Å². The van der Waals surface area contributed by atoms with Crippen LogP contribution < -0.4 is 4.90 Å². The first-order chi connectivity index (χ1) is 9.33. The van der Waals surface area contributed by atoms with Gasteiger partial charge < -0.3 is 9.80 Å². The molecule has 1 heterocycles. The first-order valence-corrected chi connectivity index (χ1v) is 8.52. The Morgan fingerprint density at radius 1 is 1.21 bits per heavy atom. The van der Waals surface area contributed by atoms with Gasteiger partial charge in [-0.3, -0.25) is 0 Å². The van der Waals surface area contributed by atoms with Crippen LogP contribution in [0.1, 0.15) is 31.2 Å². The molecule has 1 aromatic carbocycles. The fourth-order valence-electron chi connectivity index (χ4n) is 3.11. The van der Waals surface area contributed by atoms with E-state index in [0.717, 1.165) is 29.5 Å². The highest BCUT2D eigenvalue weighted by molar-refractivity contribution is 8.22. The summed E-state index contributed by atoms with van der Waals surface area (Å²) >= 11 is 7.39. The molecule has 1 aliphatic heterocycles. The molecule has 102 valence electrons. The minimum atomic E-state index is 0.869. The van der Waals surface area contributed by atoms with E-state index in [9.17, 15) is 0 Å². The van der Waals surface area contributed by atoms with E-state index in [2.05, 4.69) is 35.2 Å². The molecule has 1 saturated carbocycles. The highest BCUT2D eigenvalue weighted by Gasteiger charge is 2.32. The average Bonchev–Trinajstić information content (AvgIpc) is 2.96. The minimum Gasteiger partial charge on any atom is -0.307 e. The van der Waals surface area contributed by atoms with Crippen molar-refractivity contribution >= 4 is 28.3 Å². The van der Waals surface area contributed by atoms with Crippen molar-refractivity contribution in [1.29, 1.82) is 0 Å². The molecule has 2 nitrogen and oxygen atoms in total. The summed E-state index contributed by atoms with van der Waals surface area (Å²) in [5, 5.41) is 0. The number of benzene rings is 1. The van der Waals surface area contributed by atoms with Crippen LogP contribution >= 0.6 is 24.0 Å². The third-order valence-electron chi connectivity index (χ3n) is 4.18. The maximum atomic E-state index is 5.53. The van der Waals surface area contributed by atoms with Crippen molar-refractivity contribution in [2.45, 2.75) is 38.3 Å². The SMILES string of the molecule is S=C1SC[NH+](C2CCCC2)CN1Cc1ccccc1. The Kier molecular flexibility index (Phi) is 4.41. The Balaban J connectivity index is 1.64. The van der Waals surface area contributed by atoms with E-state index < -0.39 is 0 Å². The van der Waals surface area contributed by atoms with Gasteiger partial charge in [0, 0.05) is 6.54 Å². The molecule has 0 aromatic heterocycles. The van der Waals surface area contributed by atoms with Gasteiger partial charge in [-0.05, 0) is 43.0 Å². The zero-order chi connectivity index (χ0) is 13.1. The van der Waals surface area contributed by atoms with Gasteiger partial charge in [-0.25, -0.2) is 0 Å². The second-order valence-corrected chi connectivity index (χ2v) is 7.15. The largest absolute Gasteiger partial charge is 0.307 e. The molecule has 19 heavy (non-hydrogen) atoms. The Hall–Kier alpha value is -0.580. The number of quaternary nitrogens is 1. The number of rotatable bonds is 3. The fourth-order valence-corrected chi connectivity index (χ4v) is 4.36. The van der Waals surface area contributed by atoms with Crippen LogP contribution in [-0.4, -0.2) is 27.8 Å². The molecule has 0 spiro atoms. The molecule has 0 amide bonds. The van der Waals surface area contributed by atoms with E-state index >= 15 is 0 Å². The number of thioether (sulfide) groups is 1. The van der Waals surface area contributed by atoms with Crippen LogP contribution in [0.2, 0.25) is 0 Å². The minimum absolute atomic E-state index is 0.869. The van der Waals surface area contributed by atoms with Crippen molar-refractivity contribution in [3.8, 4) is 0 Å². The second kappa shape index (κ2) is 6.25. The standard InChI is InChI=1S/C15H20N2S2/c18-15-16(10-13-6-2-1-3-7-13)11-17(12-19-15)14-8-4-5-9-14/h1-3,6-7,14H,4-5,8-12H2/p+1. The first-order valence-electron chi connectivity index (χ1n) is 7.13. The molecule has 0 bridgehead atoms. The van der Waals surface area contributed by atoms with Crippen LogP contribution in [0.15, 0.2) is 30.3 Å². The van der Waals surface area contributed by atoms with E-state index in [1.807, 2.05) is 11.8 Å². The maximum Gasteiger partial charge on any atom is 0.155 e. The molecule has 1 aromatic rings. The molecule has 2 fully saturated rings. The fraction of sp³-hybridized carbons (Fsp3) is 0.533. The normalized spacial score (nSPS) is 24.9. The van der Waals surface area contributed by atoms with E-state index in [0.29, 0.717) is 0 Å². The predicted octanol–water partition coefficient (Wildman–Crippen LogP) is 2.26. The van der Waals surface area contributed by atoms with Crippen molar-refractivity contribution in [3.63, 3.8) is 0 Å². The molecule has 4 heteroatoms. The summed E-state index contributed by atoms with van der Waals surface area (Å²) in [6.45, 7) is 2.05. The van der Waals surface area contributed by atoms with Crippen molar-refractivity contribution < 1.29 is 4.90 Å². The average molecular weight is 293 g/mol. The van der Waals surface area contributed by atoms with Crippen LogP contribution in [0.3, 0.4) is 0 Å². The Morgan fingerprint density at radius 2 is 1.95 bits per heavy atom. The monoisotopic (exact) mass is 293 g/mol. The predicted molar refractivity (Wildman–Crippen MR) is 85.1 cm³/mol. The number of nitrogens with zero attached hydrogens (tertiary/aromatic N) is 1. The third kappa shape index (κ3) is 3.30. The molecule has 1 saturated heterocycles. The third-order valence-corrected chi connectivity index (χ3v) is 5.81. The first kappa shape index (κ1) is 13.4. The Bertz CT molecular complexity index is 429. The van der Waals surface area contributed by atoms with Crippen molar-refractivity contribution in [1.82, 2.24) is 4.90 Å².